The number of hydrogen-bond donors (Lipinski definition) is 5. The van der Waals surface area contributed by atoms with Crippen molar-refractivity contribution in [1.82, 2.24) is 25.6 Å². The number of aromatic nitrogens is 3. The molecule has 1 aliphatic heterocycles. The van der Waals surface area contributed by atoms with Crippen LogP contribution in [0, 0.1) is 10.1 Å². The Balaban J connectivity index is 1.65. The fourth-order valence-electron chi connectivity index (χ4n) is 3.87. The topological polar surface area (TPSA) is 170 Å². The maximum Gasteiger partial charge on any atom is 0.311 e. The van der Waals surface area contributed by atoms with Crippen molar-refractivity contribution in [2.75, 3.05) is 43.0 Å². The zero-order valence-electron chi connectivity index (χ0n) is 18.0. The Labute approximate surface area is 205 Å². The number of piperazine rings is 1. The van der Waals surface area contributed by atoms with Crippen molar-refractivity contribution >= 4 is 46.5 Å². The molecule has 3 aromatic rings. The summed E-state index contributed by atoms with van der Waals surface area (Å²) in [7, 11) is 0. The normalized spacial score (nSPS) is 15.8. The van der Waals surface area contributed by atoms with Gasteiger partial charge >= 0.3 is 5.69 Å². The van der Waals surface area contributed by atoms with Gasteiger partial charge in [-0.05, 0) is 24.3 Å². The number of nitrogen functional groups attached to an aromatic ring is 2. The first kappa shape index (κ1) is 23.9. The summed E-state index contributed by atoms with van der Waals surface area (Å²) in [6.45, 7) is 2.76. The fraction of sp³-hybridized carbons (Fsp3) is 0.286. The molecule has 11 nitrogen and oxygen atoms in total. The standard InChI is InChI=1S/C21H23Cl2N9O2/c22-11-1-2-12(13(23)9-11)19-18(15-10-26-7-8-27-15)14(29-21(25)31-19)5-6-28-17-4-3-16(32(33)34)20(24)30-17/h1-4,9,15,26-27H,5-8,10H2,(H3,24,28,30)(H2,25,29,31). The van der Waals surface area contributed by atoms with E-state index in [1.807, 2.05) is 6.07 Å². The zero-order chi connectivity index (χ0) is 24.2. The van der Waals surface area contributed by atoms with Crippen molar-refractivity contribution in [1.29, 1.82) is 0 Å². The lowest BCUT2D eigenvalue weighted by molar-refractivity contribution is -0.384. The molecule has 13 heteroatoms. The number of rotatable bonds is 7. The van der Waals surface area contributed by atoms with Gasteiger partial charge in [-0.25, -0.2) is 15.0 Å². The van der Waals surface area contributed by atoms with E-state index < -0.39 is 4.92 Å². The van der Waals surface area contributed by atoms with Crippen LogP contribution in [0.2, 0.25) is 10.0 Å². The first-order valence-corrected chi connectivity index (χ1v) is 11.3. The Bertz CT molecular complexity index is 1220. The molecule has 2 aromatic heterocycles. The number of nitro groups is 1. The first-order valence-electron chi connectivity index (χ1n) is 10.5. The van der Waals surface area contributed by atoms with Gasteiger partial charge in [0.1, 0.15) is 5.82 Å². The van der Waals surface area contributed by atoms with Gasteiger partial charge in [0.05, 0.1) is 21.3 Å². The quantitative estimate of drug-likeness (QED) is 0.238. The lowest BCUT2D eigenvalue weighted by atomic mass is 9.95. The van der Waals surface area contributed by atoms with Crippen LogP contribution >= 0.6 is 23.2 Å². The van der Waals surface area contributed by atoms with Crippen molar-refractivity contribution in [3.63, 3.8) is 0 Å². The summed E-state index contributed by atoms with van der Waals surface area (Å²) in [5.41, 5.74) is 14.5. The Morgan fingerprint density at radius 3 is 2.65 bits per heavy atom. The number of pyridine rings is 1. The van der Waals surface area contributed by atoms with Gasteiger partial charge in [0.15, 0.2) is 0 Å². The van der Waals surface area contributed by atoms with E-state index >= 15 is 0 Å². The van der Waals surface area contributed by atoms with Crippen LogP contribution in [-0.2, 0) is 6.42 Å². The molecule has 0 radical (unpaired) electrons. The van der Waals surface area contributed by atoms with Crippen molar-refractivity contribution in [3.05, 3.63) is 61.7 Å². The molecule has 1 aliphatic rings. The van der Waals surface area contributed by atoms with E-state index in [1.54, 1.807) is 12.1 Å². The summed E-state index contributed by atoms with van der Waals surface area (Å²) < 4.78 is 0. The molecule has 0 spiro atoms. The third kappa shape index (κ3) is 5.28. The van der Waals surface area contributed by atoms with Crippen LogP contribution in [0.25, 0.3) is 11.3 Å². The maximum absolute atomic E-state index is 11.0. The third-order valence-electron chi connectivity index (χ3n) is 5.38. The Morgan fingerprint density at radius 2 is 1.97 bits per heavy atom. The molecule has 1 aromatic carbocycles. The third-order valence-corrected chi connectivity index (χ3v) is 5.93. The molecule has 4 rings (SSSR count). The largest absolute Gasteiger partial charge is 0.378 e. The molecule has 1 saturated heterocycles. The van der Waals surface area contributed by atoms with Gasteiger partial charge in [-0.1, -0.05) is 23.2 Å². The van der Waals surface area contributed by atoms with Crippen molar-refractivity contribution < 1.29 is 4.92 Å². The van der Waals surface area contributed by atoms with Crippen molar-refractivity contribution in [2.24, 2.45) is 0 Å². The van der Waals surface area contributed by atoms with E-state index in [0.29, 0.717) is 46.6 Å². The molecule has 34 heavy (non-hydrogen) atoms. The van der Waals surface area contributed by atoms with Crippen LogP contribution in [0.5, 0.6) is 0 Å². The van der Waals surface area contributed by atoms with E-state index in [0.717, 1.165) is 24.3 Å². The van der Waals surface area contributed by atoms with Gasteiger partial charge in [0, 0.05) is 60.9 Å². The van der Waals surface area contributed by atoms with Crippen molar-refractivity contribution in [3.8, 4) is 11.3 Å². The minimum absolute atomic E-state index is 0.0563. The number of nitrogens with two attached hydrogens (primary N) is 2. The highest BCUT2D eigenvalue weighted by molar-refractivity contribution is 6.36. The van der Waals surface area contributed by atoms with Crippen LogP contribution < -0.4 is 27.4 Å². The predicted molar refractivity (Wildman–Crippen MR) is 133 cm³/mol. The van der Waals surface area contributed by atoms with Crippen molar-refractivity contribution in [2.45, 2.75) is 12.5 Å². The number of nitrogens with one attached hydrogen (secondary N) is 3. The van der Waals surface area contributed by atoms with Crippen LogP contribution in [0.3, 0.4) is 0 Å². The Kier molecular flexibility index (Phi) is 7.27. The van der Waals surface area contributed by atoms with Crippen LogP contribution in [0.4, 0.5) is 23.3 Å². The summed E-state index contributed by atoms with van der Waals surface area (Å²) in [5, 5.41) is 22.0. The second kappa shape index (κ2) is 10.3. The van der Waals surface area contributed by atoms with Gasteiger partial charge in [-0.2, -0.15) is 0 Å². The molecule has 0 aliphatic carbocycles. The van der Waals surface area contributed by atoms with Crippen LogP contribution in [0.15, 0.2) is 30.3 Å². The monoisotopic (exact) mass is 503 g/mol. The lowest BCUT2D eigenvalue weighted by Gasteiger charge is -2.28. The Morgan fingerprint density at radius 1 is 1.15 bits per heavy atom. The average molecular weight is 504 g/mol. The molecule has 3 heterocycles. The summed E-state index contributed by atoms with van der Waals surface area (Å²) in [6, 6.07) is 8.01. The minimum Gasteiger partial charge on any atom is -0.378 e. The Hall–Kier alpha value is -3.25. The molecule has 178 valence electrons. The molecule has 7 N–H and O–H groups in total. The summed E-state index contributed by atoms with van der Waals surface area (Å²) in [4.78, 5) is 23.5. The van der Waals surface area contributed by atoms with Crippen LogP contribution in [-0.4, -0.2) is 46.1 Å². The number of anilines is 3. The number of hydrogen-bond acceptors (Lipinski definition) is 10. The highest BCUT2D eigenvalue weighted by Crippen LogP contribution is 2.35. The molecular formula is C21H23Cl2N9O2. The maximum atomic E-state index is 11.0. The van der Waals surface area contributed by atoms with E-state index in [2.05, 4.69) is 30.9 Å². The summed E-state index contributed by atoms with van der Waals surface area (Å²) in [5.74, 6) is 0.394. The minimum atomic E-state index is -0.573. The summed E-state index contributed by atoms with van der Waals surface area (Å²) >= 11 is 12.6. The van der Waals surface area contributed by atoms with E-state index in [-0.39, 0.29) is 23.5 Å². The van der Waals surface area contributed by atoms with Gasteiger partial charge in [-0.15, -0.1) is 0 Å². The van der Waals surface area contributed by atoms with Gasteiger partial charge in [0.25, 0.3) is 0 Å². The molecule has 0 amide bonds. The molecule has 1 fully saturated rings. The summed E-state index contributed by atoms with van der Waals surface area (Å²) in [6.07, 6.45) is 0.483. The SMILES string of the molecule is Nc1nc(CCNc2ccc([N+](=O)[O-])c(N)n2)c(C2CNCCN2)c(-c2ccc(Cl)cc2Cl)n1. The van der Waals surface area contributed by atoms with Gasteiger partial charge < -0.3 is 27.4 Å². The molecule has 0 saturated carbocycles. The van der Waals surface area contributed by atoms with E-state index in [1.165, 1.54) is 12.1 Å². The molecule has 1 unspecified atom stereocenters. The molecule has 0 bridgehead atoms. The highest BCUT2D eigenvalue weighted by Gasteiger charge is 2.25. The smallest absolute Gasteiger partial charge is 0.311 e. The van der Waals surface area contributed by atoms with Gasteiger partial charge in [-0.3, -0.25) is 10.1 Å². The highest BCUT2D eigenvalue weighted by atomic mass is 35.5. The predicted octanol–water partition coefficient (Wildman–Crippen LogP) is 2.81. The average Bonchev–Trinajstić information content (AvgIpc) is 2.79. The second-order valence-corrected chi connectivity index (χ2v) is 8.50. The van der Waals surface area contributed by atoms with E-state index in [9.17, 15) is 10.1 Å². The fourth-order valence-corrected chi connectivity index (χ4v) is 4.36. The first-order chi connectivity index (χ1) is 16.3. The number of benzene rings is 1. The zero-order valence-corrected chi connectivity index (χ0v) is 19.5. The second-order valence-electron chi connectivity index (χ2n) is 7.66. The number of nitrogens with zero attached hydrogens (tertiary/aromatic N) is 4. The molecule has 1 atom stereocenters. The van der Waals surface area contributed by atoms with E-state index in [4.69, 9.17) is 34.7 Å². The number of halogens is 2. The van der Waals surface area contributed by atoms with Crippen LogP contribution in [0.1, 0.15) is 17.3 Å². The molecular weight excluding hydrogens is 481 g/mol. The van der Waals surface area contributed by atoms with Gasteiger partial charge in [0.2, 0.25) is 11.8 Å². The lowest BCUT2D eigenvalue weighted by Crippen LogP contribution is -2.43.